The van der Waals surface area contributed by atoms with Crippen molar-refractivity contribution in [3.8, 4) is 0 Å². The summed E-state index contributed by atoms with van der Waals surface area (Å²) in [5.41, 5.74) is 4.09. The summed E-state index contributed by atoms with van der Waals surface area (Å²) in [4.78, 5) is 16.2. The first-order chi connectivity index (χ1) is 14.1. The molecule has 0 bridgehead atoms. The maximum absolute atomic E-state index is 13.4. The topological polar surface area (TPSA) is 107 Å². The number of hydrogen-bond acceptors (Lipinski definition) is 6. The lowest BCUT2D eigenvalue weighted by atomic mass is 10.2. The number of ether oxygens (including phenoxy) is 1. The summed E-state index contributed by atoms with van der Waals surface area (Å²) in [6.45, 7) is 1.55. The van der Waals surface area contributed by atoms with Gasteiger partial charge in [0.05, 0.1) is 22.3 Å². The van der Waals surface area contributed by atoms with Crippen LogP contribution < -0.4 is 10.8 Å². The van der Waals surface area contributed by atoms with Gasteiger partial charge < -0.3 is 15.0 Å². The Labute approximate surface area is 171 Å². The minimum absolute atomic E-state index is 0.0531. The maximum Gasteiger partial charge on any atom is 0.202 e. The fourth-order valence-electron chi connectivity index (χ4n) is 3.24. The SMILES string of the molecule is ONC(=Nc1ccc(F)c(Cl)c1)c1ccnc2nc(NCCC3CCCO3)[nH]c12. The number of hydroxylamine groups is 1. The monoisotopic (exact) mass is 418 g/mol. The van der Waals surface area contributed by atoms with Gasteiger partial charge >= 0.3 is 0 Å². The molecular weight excluding hydrogens is 399 g/mol. The minimum Gasteiger partial charge on any atom is -0.378 e. The van der Waals surface area contributed by atoms with E-state index < -0.39 is 5.82 Å². The van der Waals surface area contributed by atoms with E-state index >= 15 is 0 Å². The van der Waals surface area contributed by atoms with E-state index in [0.29, 0.717) is 41.0 Å². The summed E-state index contributed by atoms with van der Waals surface area (Å²) in [7, 11) is 0. The van der Waals surface area contributed by atoms with Crippen molar-refractivity contribution in [2.24, 2.45) is 4.99 Å². The van der Waals surface area contributed by atoms with Gasteiger partial charge in [-0.3, -0.25) is 10.7 Å². The molecule has 3 heterocycles. The smallest absolute Gasteiger partial charge is 0.202 e. The zero-order chi connectivity index (χ0) is 20.2. The summed E-state index contributed by atoms with van der Waals surface area (Å²) >= 11 is 5.81. The van der Waals surface area contributed by atoms with E-state index in [9.17, 15) is 9.60 Å². The van der Waals surface area contributed by atoms with E-state index in [1.54, 1.807) is 12.3 Å². The molecule has 0 saturated carbocycles. The van der Waals surface area contributed by atoms with Crippen molar-refractivity contribution in [2.45, 2.75) is 25.4 Å². The number of rotatable bonds is 6. The average molecular weight is 419 g/mol. The predicted octanol–water partition coefficient (Wildman–Crippen LogP) is 3.79. The van der Waals surface area contributed by atoms with E-state index in [0.717, 1.165) is 25.9 Å². The fraction of sp³-hybridized carbons (Fsp3) is 0.316. The number of nitrogens with one attached hydrogen (secondary N) is 3. The zero-order valence-corrected chi connectivity index (χ0v) is 16.2. The number of anilines is 1. The number of benzene rings is 1. The first kappa shape index (κ1) is 19.6. The van der Waals surface area contributed by atoms with Crippen LogP contribution in [0.5, 0.6) is 0 Å². The Balaban J connectivity index is 1.57. The Morgan fingerprint density at radius 1 is 1.41 bits per heavy atom. The third-order valence-electron chi connectivity index (χ3n) is 4.68. The van der Waals surface area contributed by atoms with Crippen LogP contribution in [0.2, 0.25) is 5.02 Å². The number of halogens is 2. The lowest BCUT2D eigenvalue weighted by Gasteiger charge is -2.09. The second-order valence-corrected chi connectivity index (χ2v) is 7.07. The van der Waals surface area contributed by atoms with Crippen molar-refractivity contribution in [2.75, 3.05) is 18.5 Å². The highest BCUT2D eigenvalue weighted by molar-refractivity contribution is 6.31. The molecule has 4 N–H and O–H groups in total. The summed E-state index contributed by atoms with van der Waals surface area (Å²) in [6, 6.07) is 5.73. The van der Waals surface area contributed by atoms with Crippen LogP contribution in [0.3, 0.4) is 0 Å². The predicted molar refractivity (Wildman–Crippen MR) is 108 cm³/mol. The van der Waals surface area contributed by atoms with Crippen LogP contribution >= 0.6 is 11.6 Å². The number of H-pyrrole nitrogens is 1. The quantitative estimate of drug-likeness (QED) is 0.275. The second-order valence-electron chi connectivity index (χ2n) is 6.66. The number of aromatic nitrogens is 3. The Morgan fingerprint density at radius 3 is 3.07 bits per heavy atom. The lowest BCUT2D eigenvalue weighted by Crippen LogP contribution is -2.20. The largest absolute Gasteiger partial charge is 0.378 e. The van der Waals surface area contributed by atoms with Crippen LogP contribution in [0.25, 0.3) is 11.2 Å². The number of fused-ring (bicyclic) bond motifs is 1. The molecule has 1 atom stereocenters. The number of aromatic amines is 1. The molecule has 1 saturated heterocycles. The molecule has 10 heteroatoms. The van der Waals surface area contributed by atoms with Gasteiger partial charge in [0.25, 0.3) is 0 Å². The molecular formula is C19H20ClFN6O2. The third kappa shape index (κ3) is 4.47. The number of pyridine rings is 1. The van der Waals surface area contributed by atoms with Gasteiger partial charge in [0.2, 0.25) is 5.95 Å². The molecule has 152 valence electrons. The normalized spacial score (nSPS) is 17.1. The number of nitrogens with zero attached hydrogens (tertiary/aromatic N) is 3. The standard InChI is InChI=1S/C19H20ClFN6O2/c20-14-10-11(3-4-15(14)21)24-17(27-28)13-6-8-22-18-16(13)25-19(26-18)23-7-5-12-2-1-9-29-12/h3-4,6,8,10,12,28H,1-2,5,7,9H2,(H,24,27)(H2,22,23,25,26). The van der Waals surface area contributed by atoms with Gasteiger partial charge in [-0.2, -0.15) is 4.98 Å². The summed E-state index contributed by atoms with van der Waals surface area (Å²) in [5.74, 6) is 0.178. The first-order valence-corrected chi connectivity index (χ1v) is 9.66. The molecule has 1 aliphatic rings. The van der Waals surface area contributed by atoms with Crippen molar-refractivity contribution in [3.63, 3.8) is 0 Å². The van der Waals surface area contributed by atoms with E-state index in [2.05, 4.69) is 30.7 Å². The van der Waals surface area contributed by atoms with E-state index in [1.165, 1.54) is 18.2 Å². The number of imidazole rings is 1. The second kappa shape index (κ2) is 8.73. The van der Waals surface area contributed by atoms with Crippen LogP contribution in [-0.4, -0.2) is 45.3 Å². The highest BCUT2D eigenvalue weighted by Gasteiger charge is 2.16. The van der Waals surface area contributed by atoms with Crippen molar-refractivity contribution in [1.29, 1.82) is 0 Å². The van der Waals surface area contributed by atoms with Crippen LogP contribution in [0.15, 0.2) is 35.5 Å². The van der Waals surface area contributed by atoms with Crippen molar-refractivity contribution < 1.29 is 14.3 Å². The lowest BCUT2D eigenvalue weighted by molar-refractivity contribution is 0.107. The molecule has 1 aromatic carbocycles. The molecule has 3 aromatic rings. The molecule has 0 radical (unpaired) electrons. The molecule has 1 aliphatic heterocycles. The van der Waals surface area contributed by atoms with Gasteiger partial charge in [-0.25, -0.2) is 14.4 Å². The van der Waals surface area contributed by atoms with Crippen molar-refractivity contribution >= 4 is 40.2 Å². The number of hydrogen-bond donors (Lipinski definition) is 4. The Bertz CT molecular complexity index is 1030. The molecule has 29 heavy (non-hydrogen) atoms. The molecule has 4 rings (SSSR count). The summed E-state index contributed by atoms with van der Waals surface area (Å²) in [6.07, 6.45) is 4.95. The zero-order valence-electron chi connectivity index (χ0n) is 15.5. The highest BCUT2D eigenvalue weighted by atomic mass is 35.5. The summed E-state index contributed by atoms with van der Waals surface area (Å²) in [5, 5.41) is 12.8. The van der Waals surface area contributed by atoms with Crippen LogP contribution in [0.4, 0.5) is 16.0 Å². The Morgan fingerprint density at radius 2 is 2.31 bits per heavy atom. The molecule has 0 amide bonds. The maximum atomic E-state index is 13.4. The number of amidine groups is 1. The minimum atomic E-state index is -0.539. The van der Waals surface area contributed by atoms with Gasteiger partial charge in [0.1, 0.15) is 5.82 Å². The molecule has 1 unspecified atom stereocenters. The van der Waals surface area contributed by atoms with Crippen LogP contribution in [0.1, 0.15) is 24.8 Å². The van der Waals surface area contributed by atoms with Gasteiger partial charge in [0, 0.05) is 24.9 Å². The van der Waals surface area contributed by atoms with Crippen molar-refractivity contribution in [1.82, 2.24) is 20.4 Å². The number of aliphatic imine (C=N–C) groups is 1. The molecule has 1 fully saturated rings. The Kier molecular flexibility index (Phi) is 5.89. The van der Waals surface area contributed by atoms with Crippen LogP contribution in [0, 0.1) is 5.82 Å². The fourth-order valence-corrected chi connectivity index (χ4v) is 3.42. The first-order valence-electron chi connectivity index (χ1n) is 9.28. The van der Waals surface area contributed by atoms with E-state index in [1.807, 2.05) is 0 Å². The van der Waals surface area contributed by atoms with Gasteiger partial charge in [-0.05, 0) is 43.5 Å². The third-order valence-corrected chi connectivity index (χ3v) is 4.97. The summed E-state index contributed by atoms with van der Waals surface area (Å²) < 4.78 is 19.0. The molecule has 0 spiro atoms. The van der Waals surface area contributed by atoms with Gasteiger partial charge in [-0.15, -0.1) is 0 Å². The Hall–Kier alpha value is -2.75. The average Bonchev–Trinajstić information content (AvgIpc) is 3.38. The molecule has 0 aliphatic carbocycles. The highest BCUT2D eigenvalue weighted by Crippen LogP contribution is 2.24. The van der Waals surface area contributed by atoms with Crippen LogP contribution in [-0.2, 0) is 4.74 Å². The van der Waals surface area contributed by atoms with Gasteiger partial charge in [0.15, 0.2) is 11.5 Å². The van der Waals surface area contributed by atoms with Gasteiger partial charge in [-0.1, -0.05) is 11.6 Å². The van der Waals surface area contributed by atoms with Crippen molar-refractivity contribution in [3.05, 3.63) is 46.9 Å². The van der Waals surface area contributed by atoms with E-state index in [-0.39, 0.29) is 10.9 Å². The molecule has 8 nitrogen and oxygen atoms in total. The van der Waals surface area contributed by atoms with E-state index in [4.69, 9.17) is 16.3 Å². The molecule has 2 aromatic heterocycles.